The molecule has 0 aliphatic rings. The zero-order chi connectivity index (χ0) is 21.3. The number of rotatable bonds is 7. The van der Waals surface area contributed by atoms with Crippen LogP contribution in [-0.4, -0.2) is 6.21 Å². The van der Waals surface area contributed by atoms with Gasteiger partial charge in [0, 0.05) is 6.21 Å². The smallest absolute Gasteiger partial charge is 0.0666 e. The maximum atomic E-state index is 4.84. The van der Waals surface area contributed by atoms with Gasteiger partial charge in [-0.3, -0.25) is 5.01 Å². The van der Waals surface area contributed by atoms with E-state index in [2.05, 4.69) is 110 Å². The molecule has 4 aromatic rings. The van der Waals surface area contributed by atoms with E-state index in [0.717, 1.165) is 11.3 Å². The molecule has 0 aliphatic carbocycles. The van der Waals surface area contributed by atoms with Crippen molar-refractivity contribution in [2.75, 3.05) is 5.01 Å². The molecule has 2 nitrogen and oxygen atoms in total. The molecule has 0 saturated carbocycles. The minimum absolute atomic E-state index is 0.709. The van der Waals surface area contributed by atoms with Crippen molar-refractivity contribution in [3.8, 4) is 0 Å². The normalized spacial score (nSPS) is 10.7. The lowest BCUT2D eigenvalue weighted by molar-refractivity contribution is 0.859. The van der Waals surface area contributed by atoms with E-state index in [1.54, 1.807) is 0 Å². The molecular formula is C29H26N2. The Balaban J connectivity index is 1.67. The number of hydrogen-bond donors (Lipinski definition) is 0. The van der Waals surface area contributed by atoms with Crippen molar-refractivity contribution < 1.29 is 0 Å². The summed E-state index contributed by atoms with van der Waals surface area (Å²) in [6.07, 6.45) is 4.00. The SMILES string of the molecule is Cc1ccc(N(Cc2ccccc2)N=CC=C(c2ccccc2)c2ccccc2)cc1. The molecule has 0 heterocycles. The van der Waals surface area contributed by atoms with Crippen LogP contribution in [0.4, 0.5) is 5.69 Å². The summed E-state index contributed by atoms with van der Waals surface area (Å²) < 4.78 is 0. The van der Waals surface area contributed by atoms with Crippen molar-refractivity contribution in [2.45, 2.75) is 13.5 Å². The van der Waals surface area contributed by atoms with E-state index < -0.39 is 0 Å². The summed E-state index contributed by atoms with van der Waals surface area (Å²) in [5.74, 6) is 0. The van der Waals surface area contributed by atoms with Crippen molar-refractivity contribution in [1.29, 1.82) is 0 Å². The second-order valence-corrected chi connectivity index (χ2v) is 7.46. The maximum absolute atomic E-state index is 4.84. The molecule has 0 aliphatic heterocycles. The molecule has 0 aromatic heterocycles. The highest BCUT2D eigenvalue weighted by molar-refractivity contribution is 5.91. The molecule has 0 bridgehead atoms. The number of hydrogen-bond acceptors (Lipinski definition) is 2. The van der Waals surface area contributed by atoms with Crippen molar-refractivity contribution in [1.82, 2.24) is 0 Å². The van der Waals surface area contributed by atoms with Crippen LogP contribution >= 0.6 is 0 Å². The highest BCUT2D eigenvalue weighted by Gasteiger charge is 2.06. The van der Waals surface area contributed by atoms with Crippen LogP contribution in [-0.2, 0) is 6.54 Å². The fourth-order valence-electron chi connectivity index (χ4n) is 3.45. The van der Waals surface area contributed by atoms with Crippen LogP contribution in [0.15, 0.2) is 126 Å². The first-order valence-electron chi connectivity index (χ1n) is 10.5. The van der Waals surface area contributed by atoms with Gasteiger partial charge in [0.2, 0.25) is 0 Å². The van der Waals surface area contributed by atoms with Gasteiger partial charge in [0.1, 0.15) is 0 Å². The first-order valence-corrected chi connectivity index (χ1v) is 10.5. The molecule has 0 fully saturated rings. The fraction of sp³-hybridized carbons (Fsp3) is 0.0690. The Morgan fingerprint density at radius 3 is 1.74 bits per heavy atom. The molecule has 31 heavy (non-hydrogen) atoms. The van der Waals surface area contributed by atoms with Crippen molar-refractivity contribution in [2.24, 2.45) is 5.10 Å². The Morgan fingerprint density at radius 1 is 0.677 bits per heavy atom. The van der Waals surface area contributed by atoms with Gasteiger partial charge < -0.3 is 0 Å². The van der Waals surface area contributed by atoms with E-state index in [0.29, 0.717) is 6.54 Å². The highest BCUT2D eigenvalue weighted by Crippen LogP contribution is 2.23. The Hall–Kier alpha value is -3.91. The van der Waals surface area contributed by atoms with Gasteiger partial charge in [-0.15, -0.1) is 0 Å². The van der Waals surface area contributed by atoms with Gasteiger partial charge in [-0.2, -0.15) is 5.10 Å². The number of nitrogens with zero attached hydrogens (tertiary/aromatic N) is 2. The molecule has 0 radical (unpaired) electrons. The van der Waals surface area contributed by atoms with Gasteiger partial charge in [0.05, 0.1) is 12.2 Å². The Bertz CT molecular complexity index is 1090. The van der Waals surface area contributed by atoms with Crippen LogP contribution in [0.5, 0.6) is 0 Å². The summed E-state index contributed by atoms with van der Waals surface area (Å²) in [5.41, 5.74) is 7.02. The molecular weight excluding hydrogens is 376 g/mol. The first-order chi connectivity index (χ1) is 15.3. The van der Waals surface area contributed by atoms with E-state index in [-0.39, 0.29) is 0 Å². The minimum Gasteiger partial charge on any atom is -0.261 e. The van der Waals surface area contributed by atoms with Crippen LogP contribution < -0.4 is 5.01 Å². The van der Waals surface area contributed by atoms with Crippen LogP contribution in [0.3, 0.4) is 0 Å². The van der Waals surface area contributed by atoms with E-state index in [9.17, 15) is 0 Å². The second kappa shape index (κ2) is 10.2. The van der Waals surface area contributed by atoms with Gasteiger partial charge in [-0.1, -0.05) is 109 Å². The summed E-state index contributed by atoms with van der Waals surface area (Å²) in [6.45, 7) is 2.81. The van der Waals surface area contributed by atoms with E-state index in [1.807, 2.05) is 29.4 Å². The highest BCUT2D eigenvalue weighted by atomic mass is 15.4. The maximum Gasteiger partial charge on any atom is 0.0666 e. The lowest BCUT2D eigenvalue weighted by atomic mass is 9.98. The second-order valence-electron chi connectivity index (χ2n) is 7.46. The largest absolute Gasteiger partial charge is 0.261 e. The van der Waals surface area contributed by atoms with Crippen LogP contribution in [0.25, 0.3) is 5.57 Å². The summed E-state index contributed by atoms with van der Waals surface area (Å²) in [7, 11) is 0. The summed E-state index contributed by atoms with van der Waals surface area (Å²) in [4.78, 5) is 0. The topological polar surface area (TPSA) is 15.6 Å². The Morgan fingerprint density at radius 2 is 1.19 bits per heavy atom. The fourth-order valence-corrected chi connectivity index (χ4v) is 3.45. The average molecular weight is 403 g/mol. The third-order valence-electron chi connectivity index (χ3n) is 5.12. The zero-order valence-corrected chi connectivity index (χ0v) is 17.7. The number of anilines is 1. The Labute approximate surface area is 184 Å². The number of aryl methyl sites for hydroxylation is 1. The third-order valence-corrected chi connectivity index (χ3v) is 5.12. The van der Waals surface area contributed by atoms with Crippen molar-refractivity contribution in [3.63, 3.8) is 0 Å². The average Bonchev–Trinajstić information content (AvgIpc) is 2.83. The van der Waals surface area contributed by atoms with E-state index >= 15 is 0 Å². The van der Waals surface area contributed by atoms with Gasteiger partial charge in [-0.05, 0) is 47.4 Å². The van der Waals surface area contributed by atoms with Gasteiger partial charge in [-0.25, -0.2) is 0 Å². The number of allylic oxidation sites excluding steroid dienone is 1. The molecule has 0 spiro atoms. The van der Waals surface area contributed by atoms with Crippen LogP contribution in [0, 0.1) is 6.92 Å². The lowest BCUT2D eigenvalue weighted by Crippen LogP contribution is -2.15. The lowest BCUT2D eigenvalue weighted by Gasteiger charge is -2.19. The molecule has 0 atom stereocenters. The molecule has 4 rings (SSSR count). The molecule has 0 N–H and O–H groups in total. The summed E-state index contributed by atoms with van der Waals surface area (Å²) in [5, 5.41) is 6.88. The first kappa shape index (κ1) is 20.4. The molecule has 0 saturated heterocycles. The molecule has 0 unspecified atom stereocenters. The third kappa shape index (κ3) is 5.58. The van der Waals surface area contributed by atoms with Crippen LogP contribution in [0.1, 0.15) is 22.3 Å². The van der Waals surface area contributed by atoms with Gasteiger partial charge in [0.15, 0.2) is 0 Å². The standard InChI is InChI=1S/C29H26N2/c1-24-17-19-28(20-18-24)31(23-25-11-5-2-6-12-25)30-22-21-29(26-13-7-3-8-14-26)27-15-9-4-10-16-27/h2-22H,23H2,1H3. The van der Waals surface area contributed by atoms with Gasteiger partial charge >= 0.3 is 0 Å². The number of hydrazone groups is 1. The predicted molar refractivity (Wildman–Crippen MR) is 132 cm³/mol. The summed E-state index contributed by atoms with van der Waals surface area (Å²) >= 11 is 0. The van der Waals surface area contributed by atoms with Gasteiger partial charge in [0.25, 0.3) is 0 Å². The van der Waals surface area contributed by atoms with Crippen molar-refractivity contribution >= 4 is 17.5 Å². The molecule has 152 valence electrons. The van der Waals surface area contributed by atoms with Crippen LogP contribution in [0.2, 0.25) is 0 Å². The predicted octanol–water partition coefficient (Wildman–Crippen LogP) is 7.12. The molecule has 0 amide bonds. The number of benzene rings is 4. The Kier molecular flexibility index (Phi) is 6.71. The van der Waals surface area contributed by atoms with E-state index in [4.69, 9.17) is 5.10 Å². The zero-order valence-electron chi connectivity index (χ0n) is 17.7. The van der Waals surface area contributed by atoms with E-state index in [1.165, 1.54) is 22.3 Å². The van der Waals surface area contributed by atoms with Crippen molar-refractivity contribution in [3.05, 3.63) is 144 Å². The monoisotopic (exact) mass is 402 g/mol. The summed E-state index contributed by atoms with van der Waals surface area (Å²) in [6, 6.07) is 39.8. The molecule has 2 heteroatoms. The molecule has 4 aromatic carbocycles. The quantitative estimate of drug-likeness (QED) is 0.237. The minimum atomic E-state index is 0.709.